The average molecular weight is 328 g/mol. The van der Waals surface area contributed by atoms with Gasteiger partial charge in [-0.05, 0) is 6.07 Å². The Kier molecular flexibility index (Phi) is 3.57. The van der Waals surface area contributed by atoms with Crippen molar-refractivity contribution in [1.82, 2.24) is 34.4 Å². The van der Waals surface area contributed by atoms with Crippen molar-refractivity contribution in [1.29, 1.82) is 0 Å². The predicted octanol–water partition coefficient (Wildman–Crippen LogP) is -0.288. The van der Waals surface area contributed by atoms with E-state index in [1.807, 2.05) is 24.0 Å². The molecular weight excluding hydrogens is 308 g/mol. The van der Waals surface area contributed by atoms with Crippen molar-refractivity contribution >= 4 is 17.0 Å². The fraction of sp³-hybridized carbons (Fsp3) is 0.467. The standard InChI is InChI=1S/C15H20N8O/c1-20-11(3-4-16-20)10-22-5-7-23(8-6-22)15-18-13-12(14(24)19-15)9-17-21(13)2/h3-4,9H,5-8,10H2,1-2H3,(H,18,19,24). The molecular formula is C15H20N8O. The van der Waals surface area contributed by atoms with Gasteiger partial charge in [-0.25, -0.2) is 0 Å². The number of H-pyrrole nitrogens is 1. The molecule has 0 aromatic carbocycles. The number of nitrogens with zero attached hydrogens (tertiary/aromatic N) is 7. The van der Waals surface area contributed by atoms with E-state index in [9.17, 15) is 4.79 Å². The zero-order valence-corrected chi connectivity index (χ0v) is 13.8. The molecule has 1 saturated heterocycles. The third kappa shape index (κ3) is 2.56. The first kappa shape index (κ1) is 14.9. The van der Waals surface area contributed by atoms with Crippen molar-refractivity contribution in [3.05, 3.63) is 34.5 Å². The summed E-state index contributed by atoms with van der Waals surface area (Å²) < 4.78 is 3.54. The zero-order valence-electron chi connectivity index (χ0n) is 13.8. The second-order valence-electron chi connectivity index (χ2n) is 6.10. The molecule has 0 bridgehead atoms. The summed E-state index contributed by atoms with van der Waals surface area (Å²) in [6.45, 7) is 4.36. The van der Waals surface area contributed by atoms with E-state index in [0.717, 1.165) is 32.7 Å². The van der Waals surface area contributed by atoms with Crippen molar-refractivity contribution in [3.63, 3.8) is 0 Å². The first-order valence-electron chi connectivity index (χ1n) is 7.98. The van der Waals surface area contributed by atoms with Crippen LogP contribution in [0.1, 0.15) is 5.69 Å². The van der Waals surface area contributed by atoms with E-state index in [1.165, 1.54) is 5.69 Å². The lowest BCUT2D eigenvalue weighted by atomic mass is 10.3. The lowest BCUT2D eigenvalue weighted by molar-refractivity contribution is 0.242. The molecule has 4 heterocycles. The van der Waals surface area contributed by atoms with E-state index in [2.05, 4.69) is 30.0 Å². The van der Waals surface area contributed by atoms with E-state index in [4.69, 9.17) is 0 Å². The van der Waals surface area contributed by atoms with Gasteiger partial charge in [0.1, 0.15) is 5.39 Å². The van der Waals surface area contributed by atoms with Crippen LogP contribution >= 0.6 is 0 Å². The molecule has 1 aliphatic rings. The van der Waals surface area contributed by atoms with Crippen molar-refractivity contribution in [3.8, 4) is 0 Å². The first-order chi connectivity index (χ1) is 11.6. The molecule has 3 aromatic rings. The summed E-state index contributed by atoms with van der Waals surface area (Å²) in [5.74, 6) is 0.622. The molecule has 0 unspecified atom stereocenters. The Hall–Kier alpha value is -2.68. The van der Waals surface area contributed by atoms with Gasteiger partial charge in [0, 0.05) is 53.0 Å². The second kappa shape index (κ2) is 5.75. The summed E-state index contributed by atoms with van der Waals surface area (Å²) in [6.07, 6.45) is 3.38. The summed E-state index contributed by atoms with van der Waals surface area (Å²) in [4.78, 5) is 24.1. The molecule has 4 rings (SSSR count). The van der Waals surface area contributed by atoms with Gasteiger partial charge in [0.15, 0.2) is 5.65 Å². The van der Waals surface area contributed by atoms with Crippen molar-refractivity contribution in [2.75, 3.05) is 31.1 Å². The molecule has 0 amide bonds. The minimum absolute atomic E-state index is 0.139. The normalized spacial score (nSPS) is 16.2. The minimum Gasteiger partial charge on any atom is -0.340 e. The van der Waals surface area contributed by atoms with Gasteiger partial charge in [-0.3, -0.25) is 24.0 Å². The van der Waals surface area contributed by atoms with Crippen LogP contribution in [0.25, 0.3) is 11.0 Å². The zero-order chi connectivity index (χ0) is 16.7. The quantitative estimate of drug-likeness (QED) is 0.711. The predicted molar refractivity (Wildman–Crippen MR) is 89.8 cm³/mol. The molecule has 9 heteroatoms. The number of hydrogen-bond donors (Lipinski definition) is 1. The Balaban J connectivity index is 1.49. The van der Waals surface area contributed by atoms with Gasteiger partial charge in [0.2, 0.25) is 5.95 Å². The van der Waals surface area contributed by atoms with Crippen LogP contribution in [0.4, 0.5) is 5.95 Å². The minimum atomic E-state index is -0.139. The number of piperazine rings is 1. The Labute approximate surface area is 138 Å². The van der Waals surface area contributed by atoms with Gasteiger partial charge in [-0.15, -0.1) is 0 Å². The van der Waals surface area contributed by atoms with Crippen LogP contribution in [0.2, 0.25) is 0 Å². The highest BCUT2D eigenvalue weighted by atomic mass is 16.1. The number of aromatic nitrogens is 6. The summed E-state index contributed by atoms with van der Waals surface area (Å²) in [5, 5.41) is 8.84. The van der Waals surface area contributed by atoms with E-state index in [1.54, 1.807) is 17.9 Å². The summed E-state index contributed by atoms with van der Waals surface area (Å²) in [6, 6.07) is 2.04. The second-order valence-corrected chi connectivity index (χ2v) is 6.10. The number of aryl methyl sites for hydroxylation is 2. The highest BCUT2D eigenvalue weighted by molar-refractivity contribution is 5.74. The van der Waals surface area contributed by atoms with Gasteiger partial charge in [0.05, 0.1) is 11.9 Å². The van der Waals surface area contributed by atoms with Crippen molar-refractivity contribution in [2.24, 2.45) is 14.1 Å². The molecule has 9 nitrogen and oxygen atoms in total. The molecule has 0 atom stereocenters. The molecule has 0 spiro atoms. The number of fused-ring (bicyclic) bond motifs is 1. The van der Waals surface area contributed by atoms with Crippen LogP contribution in [-0.2, 0) is 20.6 Å². The molecule has 1 aliphatic heterocycles. The van der Waals surface area contributed by atoms with Gasteiger partial charge < -0.3 is 4.90 Å². The molecule has 126 valence electrons. The van der Waals surface area contributed by atoms with Gasteiger partial charge >= 0.3 is 0 Å². The van der Waals surface area contributed by atoms with Crippen molar-refractivity contribution < 1.29 is 0 Å². The van der Waals surface area contributed by atoms with Gasteiger partial charge in [-0.2, -0.15) is 15.2 Å². The van der Waals surface area contributed by atoms with Crippen LogP contribution in [0.3, 0.4) is 0 Å². The Bertz CT molecular complexity index is 915. The maximum absolute atomic E-state index is 12.2. The topological polar surface area (TPSA) is 87.9 Å². The maximum Gasteiger partial charge on any atom is 0.263 e. The highest BCUT2D eigenvalue weighted by Gasteiger charge is 2.20. The molecule has 0 aliphatic carbocycles. The highest BCUT2D eigenvalue weighted by Crippen LogP contribution is 2.14. The molecule has 1 N–H and O–H groups in total. The average Bonchev–Trinajstić information content (AvgIpc) is 3.15. The number of nitrogens with one attached hydrogen (secondary N) is 1. The van der Waals surface area contributed by atoms with Crippen LogP contribution in [0.15, 0.2) is 23.3 Å². The fourth-order valence-corrected chi connectivity index (χ4v) is 3.07. The monoisotopic (exact) mass is 328 g/mol. The van der Waals surface area contributed by atoms with Crippen LogP contribution in [0, 0.1) is 0 Å². The molecule has 3 aromatic heterocycles. The van der Waals surface area contributed by atoms with Gasteiger partial charge in [0.25, 0.3) is 5.56 Å². The Morgan fingerprint density at radius 3 is 2.62 bits per heavy atom. The molecule has 1 fully saturated rings. The molecule has 0 saturated carbocycles. The third-order valence-corrected chi connectivity index (χ3v) is 4.57. The number of hydrogen-bond acceptors (Lipinski definition) is 6. The molecule has 0 radical (unpaired) electrons. The summed E-state index contributed by atoms with van der Waals surface area (Å²) in [7, 11) is 3.76. The van der Waals surface area contributed by atoms with Crippen molar-refractivity contribution in [2.45, 2.75) is 6.54 Å². The van der Waals surface area contributed by atoms with E-state index in [-0.39, 0.29) is 5.56 Å². The van der Waals surface area contributed by atoms with Gasteiger partial charge in [-0.1, -0.05) is 0 Å². The summed E-state index contributed by atoms with van der Waals surface area (Å²) >= 11 is 0. The maximum atomic E-state index is 12.2. The SMILES string of the molecule is Cn1nccc1CN1CCN(c2nc3c(cnn3C)c(=O)[nH]2)CC1. The number of aromatic amines is 1. The van der Waals surface area contributed by atoms with E-state index < -0.39 is 0 Å². The fourth-order valence-electron chi connectivity index (χ4n) is 3.07. The van der Waals surface area contributed by atoms with Crippen LogP contribution in [-0.4, -0.2) is 60.6 Å². The lowest BCUT2D eigenvalue weighted by Gasteiger charge is -2.34. The smallest absolute Gasteiger partial charge is 0.263 e. The largest absolute Gasteiger partial charge is 0.340 e. The first-order valence-corrected chi connectivity index (χ1v) is 7.98. The number of rotatable bonds is 3. The van der Waals surface area contributed by atoms with Crippen LogP contribution < -0.4 is 10.5 Å². The summed E-state index contributed by atoms with van der Waals surface area (Å²) in [5.41, 5.74) is 1.68. The van der Waals surface area contributed by atoms with E-state index in [0.29, 0.717) is 17.0 Å². The number of anilines is 1. The Morgan fingerprint density at radius 1 is 1.12 bits per heavy atom. The Morgan fingerprint density at radius 2 is 1.92 bits per heavy atom. The molecule has 24 heavy (non-hydrogen) atoms. The lowest BCUT2D eigenvalue weighted by Crippen LogP contribution is -2.47. The van der Waals surface area contributed by atoms with Crippen LogP contribution in [0.5, 0.6) is 0 Å². The van der Waals surface area contributed by atoms with E-state index >= 15 is 0 Å². The third-order valence-electron chi connectivity index (χ3n) is 4.57.